The van der Waals surface area contributed by atoms with Crippen LogP contribution in [0.4, 0.5) is 0 Å². The fourth-order valence-electron chi connectivity index (χ4n) is 2.56. The highest BCUT2D eigenvalue weighted by Gasteiger charge is 2.16. The van der Waals surface area contributed by atoms with E-state index in [2.05, 4.69) is 4.98 Å². The number of para-hydroxylation sites is 1. The Morgan fingerprint density at radius 3 is 2.95 bits per heavy atom. The van der Waals surface area contributed by atoms with Crippen LogP contribution in [0.5, 0.6) is 0 Å². The molecule has 3 rings (SSSR count). The molecule has 0 fully saturated rings. The first-order chi connectivity index (χ1) is 10.1. The van der Waals surface area contributed by atoms with Crippen molar-refractivity contribution in [1.82, 2.24) is 9.55 Å². The molecule has 3 aromatic rings. The molecule has 0 spiro atoms. The summed E-state index contributed by atoms with van der Waals surface area (Å²) in [4.78, 5) is 15.3. The Bertz CT molecular complexity index is 839. The predicted molar refractivity (Wildman–Crippen MR) is 77.6 cm³/mol. The van der Waals surface area contributed by atoms with Gasteiger partial charge in [-0.25, -0.2) is 4.98 Å². The van der Waals surface area contributed by atoms with Crippen LogP contribution in [0, 0.1) is 12.1 Å². The molecule has 0 aliphatic carbocycles. The van der Waals surface area contributed by atoms with Crippen molar-refractivity contribution in [1.29, 1.82) is 0 Å². The highest BCUT2D eigenvalue weighted by Crippen LogP contribution is 2.23. The maximum absolute atomic E-state index is 12.0. The number of hydrogen-bond acceptors (Lipinski definition) is 4. The molecule has 0 bridgehead atoms. The van der Waals surface area contributed by atoms with Gasteiger partial charge < -0.3 is 14.5 Å². The first-order valence-electron chi connectivity index (χ1n) is 6.69. The summed E-state index contributed by atoms with van der Waals surface area (Å²) in [6.07, 6.45) is 1.48. The molecule has 1 aromatic carbocycles. The maximum atomic E-state index is 12.0. The minimum Gasteiger partial charge on any atom is -0.618 e. The average molecular weight is 285 g/mol. The van der Waals surface area contributed by atoms with Crippen LogP contribution in [-0.4, -0.2) is 22.1 Å². The fourth-order valence-corrected chi connectivity index (χ4v) is 2.56. The number of rotatable bonds is 3. The first kappa shape index (κ1) is 13.4. The number of hydrogen-bond donors (Lipinski definition) is 0. The maximum Gasteiger partial charge on any atom is 0.302 e. The summed E-state index contributed by atoms with van der Waals surface area (Å²) < 4.78 is 7.81. The minimum atomic E-state index is -0.306. The van der Waals surface area contributed by atoms with E-state index >= 15 is 0 Å². The molecule has 0 N–H and O–H groups in total. The van der Waals surface area contributed by atoms with E-state index in [1.54, 1.807) is 6.07 Å². The van der Waals surface area contributed by atoms with Crippen LogP contribution in [0.15, 0.2) is 30.5 Å². The van der Waals surface area contributed by atoms with Gasteiger partial charge in [-0.2, -0.15) is 4.73 Å². The third-order valence-electron chi connectivity index (χ3n) is 3.44. The molecular weight excluding hydrogens is 270 g/mol. The molecule has 6 heteroatoms. The Balaban J connectivity index is 2.17. The molecule has 6 nitrogen and oxygen atoms in total. The highest BCUT2D eigenvalue weighted by atomic mass is 16.5. The zero-order valence-corrected chi connectivity index (χ0v) is 11.9. The lowest BCUT2D eigenvalue weighted by molar-refractivity contribution is -0.575. The van der Waals surface area contributed by atoms with Crippen LogP contribution in [-0.2, 0) is 16.1 Å². The van der Waals surface area contributed by atoms with E-state index in [0.717, 1.165) is 21.5 Å². The van der Waals surface area contributed by atoms with Gasteiger partial charge in [0.05, 0.1) is 17.4 Å². The van der Waals surface area contributed by atoms with Gasteiger partial charge in [0, 0.05) is 13.0 Å². The molecule has 0 radical (unpaired) electrons. The second kappa shape index (κ2) is 5.05. The highest BCUT2D eigenvalue weighted by molar-refractivity contribution is 6.00. The van der Waals surface area contributed by atoms with Crippen LogP contribution < -0.4 is 4.73 Å². The van der Waals surface area contributed by atoms with Crippen LogP contribution >= 0.6 is 0 Å². The van der Waals surface area contributed by atoms with E-state index < -0.39 is 0 Å². The van der Waals surface area contributed by atoms with Crippen molar-refractivity contribution >= 4 is 27.9 Å². The molecule has 21 heavy (non-hydrogen) atoms. The van der Waals surface area contributed by atoms with Gasteiger partial charge >= 0.3 is 5.97 Å². The lowest BCUT2D eigenvalue weighted by Gasteiger charge is -2.08. The predicted octanol–water partition coefficient (Wildman–Crippen LogP) is 1.69. The van der Waals surface area contributed by atoms with Crippen molar-refractivity contribution in [2.75, 3.05) is 6.61 Å². The molecule has 108 valence electrons. The van der Waals surface area contributed by atoms with Crippen molar-refractivity contribution in [3.05, 3.63) is 41.5 Å². The number of carbonyl (C=O) groups is 1. The topological polar surface area (TPSA) is 71.1 Å². The van der Waals surface area contributed by atoms with E-state index in [4.69, 9.17) is 4.74 Å². The Morgan fingerprint density at radius 2 is 2.19 bits per heavy atom. The summed E-state index contributed by atoms with van der Waals surface area (Å²) in [6.45, 7) is 4.04. The number of esters is 1. The minimum absolute atomic E-state index is 0.280. The van der Waals surface area contributed by atoms with Gasteiger partial charge in [-0.05, 0) is 13.0 Å². The van der Waals surface area contributed by atoms with Gasteiger partial charge in [-0.1, -0.05) is 12.1 Å². The molecule has 0 saturated carbocycles. The summed E-state index contributed by atoms with van der Waals surface area (Å²) in [7, 11) is 0. The number of carbonyl (C=O) groups excluding carboxylic acids is 1. The molecule has 2 aromatic heterocycles. The third-order valence-corrected chi connectivity index (χ3v) is 3.44. The van der Waals surface area contributed by atoms with Gasteiger partial charge in [-0.15, -0.1) is 0 Å². The molecule has 0 amide bonds. The molecule has 0 aliphatic rings. The van der Waals surface area contributed by atoms with Gasteiger partial charge in [0.15, 0.2) is 5.52 Å². The molecule has 0 saturated heterocycles. The third kappa shape index (κ3) is 2.29. The molecular formula is C15H15N3O3. The largest absolute Gasteiger partial charge is 0.618 e. The first-order valence-corrected chi connectivity index (χ1v) is 6.69. The van der Waals surface area contributed by atoms with E-state index in [9.17, 15) is 10.0 Å². The fraction of sp³-hybridized carbons (Fsp3) is 0.267. The molecule has 0 atom stereocenters. The summed E-state index contributed by atoms with van der Waals surface area (Å²) in [5.74, 6) is 0.479. The lowest BCUT2D eigenvalue weighted by Crippen LogP contribution is -2.26. The number of ether oxygens (including phenoxy) is 1. The molecule has 0 aliphatic heterocycles. The number of aromatic nitrogens is 3. The molecule has 2 heterocycles. The van der Waals surface area contributed by atoms with E-state index in [-0.39, 0.29) is 12.6 Å². The van der Waals surface area contributed by atoms with Crippen molar-refractivity contribution in [3.63, 3.8) is 0 Å². The Labute approximate surface area is 121 Å². The van der Waals surface area contributed by atoms with Gasteiger partial charge in [0.1, 0.15) is 12.4 Å². The van der Waals surface area contributed by atoms with Crippen LogP contribution in [0.3, 0.4) is 0 Å². The number of aryl methyl sites for hydroxylation is 1. The summed E-state index contributed by atoms with van der Waals surface area (Å²) >= 11 is 0. The average Bonchev–Trinajstić information content (AvgIpc) is 2.75. The van der Waals surface area contributed by atoms with Crippen molar-refractivity contribution in [2.24, 2.45) is 0 Å². The molecule has 0 unspecified atom stereocenters. The Hall–Kier alpha value is -2.63. The zero-order valence-electron chi connectivity index (χ0n) is 11.9. The lowest BCUT2D eigenvalue weighted by atomic mass is 10.2. The Morgan fingerprint density at radius 1 is 1.43 bits per heavy atom. The van der Waals surface area contributed by atoms with Crippen LogP contribution in [0.2, 0.25) is 0 Å². The number of nitrogens with zero attached hydrogens (tertiary/aromatic N) is 3. The van der Waals surface area contributed by atoms with Gasteiger partial charge in [0.25, 0.3) is 0 Å². The SMILES string of the molecule is CC(=O)OCCn1c(C)nc2c[n+]([O-])c3ccccc3c21. The zero-order chi connectivity index (χ0) is 15.0. The summed E-state index contributed by atoms with van der Waals surface area (Å²) in [6, 6.07) is 7.39. The van der Waals surface area contributed by atoms with Crippen LogP contribution in [0.25, 0.3) is 21.9 Å². The quantitative estimate of drug-likeness (QED) is 0.417. The number of benzene rings is 1. The number of pyridine rings is 1. The van der Waals surface area contributed by atoms with Crippen molar-refractivity contribution in [2.45, 2.75) is 20.4 Å². The van der Waals surface area contributed by atoms with E-state index in [1.165, 1.54) is 13.1 Å². The summed E-state index contributed by atoms with van der Waals surface area (Å²) in [5, 5.41) is 12.9. The van der Waals surface area contributed by atoms with Crippen LogP contribution in [0.1, 0.15) is 12.7 Å². The number of fused-ring (bicyclic) bond motifs is 3. The Kier molecular flexibility index (Phi) is 3.21. The summed E-state index contributed by atoms with van der Waals surface area (Å²) in [5.41, 5.74) is 2.13. The standard InChI is InChI=1S/C15H15N3O3/c1-10-16-13-9-18(20)14-6-4-3-5-12(14)15(13)17(10)7-8-21-11(2)19/h3-6,9H,7-8H2,1-2H3. The smallest absolute Gasteiger partial charge is 0.302 e. The monoisotopic (exact) mass is 285 g/mol. The normalized spacial score (nSPS) is 11.1. The van der Waals surface area contributed by atoms with Crippen molar-refractivity contribution < 1.29 is 14.3 Å². The van der Waals surface area contributed by atoms with Gasteiger partial charge in [-0.3, -0.25) is 4.79 Å². The second-order valence-corrected chi connectivity index (χ2v) is 4.86. The van der Waals surface area contributed by atoms with Gasteiger partial charge in [0.2, 0.25) is 11.7 Å². The van der Waals surface area contributed by atoms with E-state index in [0.29, 0.717) is 17.6 Å². The second-order valence-electron chi connectivity index (χ2n) is 4.86. The number of imidazole rings is 1. The van der Waals surface area contributed by atoms with E-state index in [1.807, 2.05) is 29.7 Å². The van der Waals surface area contributed by atoms with Crippen molar-refractivity contribution in [3.8, 4) is 0 Å².